The van der Waals surface area contributed by atoms with Crippen LogP contribution in [0.5, 0.6) is 0 Å². The number of hydrogen-bond acceptors (Lipinski definition) is 4. The standard InChI is InChI=1S/C14H28N2O2/c15-11-14(6-3-8-18-9-7-14)16-13-5-2-1-4-12(13)10-17/h12-13,16-17H,1-11,15H2. The van der Waals surface area contributed by atoms with E-state index in [4.69, 9.17) is 10.5 Å². The van der Waals surface area contributed by atoms with Gasteiger partial charge in [-0.2, -0.15) is 0 Å². The SMILES string of the molecule is NCC1(NC2CCCCC2CO)CCCOCC1. The number of hydrogen-bond donors (Lipinski definition) is 3. The van der Waals surface area contributed by atoms with E-state index in [1.807, 2.05) is 0 Å². The second kappa shape index (κ2) is 6.85. The van der Waals surface area contributed by atoms with Gasteiger partial charge in [0.25, 0.3) is 0 Å². The summed E-state index contributed by atoms with van der Waals surface area (Å²) in [6, 6.07) is 0.436. The number of aliphatic hydroxyl groups excluding tert-OH is 1. The van der Waals surface area contributed by atoms with Gasteiger partial charge in [0.2, 0.25) is 0 Å². The zero-order chi connectivity index (χ0) is 12.8. The molecule has 0 aromatic carbocycles. The highest BCUT2D eigenvalue weighted by atomic mass is 16.5. The lowest BCUT2D eigenvalue weighted by Crippen LogP contribution is -2.58. The third-order valence-corrected chi connectivity index (χ3v) is 4.69. The molecule has 2 aliphatic rings. The van der Waals surface area contributed by atoms with Crippen molar-refractivity contribution in [3.05, 3.63) is 0 Å². The molecule has 106 valence electrons. The van der Waals surface area contributed by atoms with E-state index in [2.05, 4.69) is 5.32 Å². The van der Waals surface area contributed by atoms with E-state index in [1.54, 1.807) is 0 Å². The minimum absolute atomic E-state index is 0.0337. The first-order valence-electron chi connectivity index (χ1n) is 7.46. The zero-order valence-electron chi connectivity index (χ0n) is 11.4. The third kappa shape index (κ3) is 3.44. The lowest BCUT2D eigenvalue weighted by atomic mass is 9.81. The summed E-state index contributed by atoms with van der Waals surface area (Å²) in [6.45, 7) is 2.64. The third-order valence-electron chi connectivity index (χ3n) is 4.69. The molecule has 1 saturated heterocycles. The Balaban J connectivity index is 1.98. The molecule has 0 radical (unpaired) electrons. The summed E-state index contributed by atoms with van der Waals surface area (Å²) in [6.07, 6.45) is 8.02. The van der Waals surface area contributed by atoms with E-state index in [1.165, 1.54) is 19.3 Å². The summed E-state index contributed by atoms with van der Waals surface area (Å²) in [5, 5.41) is 13.3. The van der Waals surface area contributed by atoms with Crippen LogP contribution in [0.4, 0.5) is 0 Å². The van der Waals surface area contributed by atoms with E-state index in [0.29, 0.717) is 25.1 Å². The smallest absolute Gasteiger partial charge is 0.0484 e. The molecule has 0 amide bonds. The van der Waals surface area contributed by atoms with Crippen molar-refractivity contribution in [3.63, 3.8) is 0 Å². The number of nitrogens with one attached hydrogen (secondary N) is 1. The molecule has 1 heterocycles. The maximum atomic E-state index is 9.51. The number of aliphatic hydroxyl groups is 1. The Morgan fingerprint density at radius 1 is 1.17 bits per heavy atom. The highest BCUT2D eigenvalue weighted by Gasteiger charge is 2.35. The van der Waals surface area contributed by atoms with Crippen molar-refractivity contribution in [2.24, 2.45) is 11.7 Å². The fraction of sp³-hybridized carbons (Fsp3) is 1.00. The Morgan fingerprint density at radius 2 is 2.00 bits per heavy atom. The molecule has 1 aliphatic carbocycles. The van der Waals surface area contributed by atoms with Crippen molar-refractivity contribution in [2.45, 2.75) is 56.5 Å². The summed E-state index contributed by atoms with van der Waals surface area (Å²) < 4.78 is 5.55. The molecule has 0 aromatic rings. The van der Waals surface area contributed by atoms with Gasteiger partial charge in [0.05, 0.1) is 0 Å². The number of rotatable bonds is 4. The van der Waals surface area contributed by atoms with Crippen LogP contribution in [0.3, 0.4) is 0 Å². The average Bonchev–Trinajstić information content (AvgIpc) is 2.66. The fourth-order valence-electron chi connectivity index (χ4n) is 3.42. The fourth-order valence-corrected chi connectivity index (χ4v) is 3.42. The van der Waals surface area contributed by atoms with Crippen molar-refractivity contribution in [3.8, 4) is 0 Å². The molecule has 0 bridgehead atoms. The van der Waals surface area contributed by atoms with Crippen LogP contribution in [0.25, 0.3) is 0 Å². The topological polar surface area (TPSA) is 67.5 Å². The van der Waals surface area contributed by atoms with E-state index in [0.717, 1.165) is 38.9 Å². The number of nitrogens with two attached hydrogens (primary N) is 1. The summed E-state index contributed by atoms with van der Waals surface area (Å²) in [7, 11) is 0. The largest absolute Gasteiger partial charge is 0.396 e. The van der Waals surface area contributed by atoms with Gasteiger partial charge in [-0.25, -0.2) is 0 Å². The molecular weight excluding hydrogens is 228 g/mol. The van der Waals surface area contributed by atoms with Crippen molar-refractivity contribution in [1.82, 2.24) is 5.32 Å². The van der Waals surface area contributed by atoms with Gasteiger partial charge >= 0.3 is 0 Å². The Hall–Kier alpha value is -0.160. The van der Waals surface area contributed by atoms with Gasteiger partial charge in [0.1, 0.15) is 0 Å². The Kier molecular flexibility index (Phi) is 5.42. The highest BCUT2D eigenvalue weighted by molar-refractivity contribution is 4.95. The van der Waals surface area contributed by atoms with Gasteiger partial charge in [-0.15, -0.1) is 0 Å². The summed E-state index contributed by atoms with van der Waals surface area (Å²) in [4.78, 5) is 0. The summed E-state index contributed by atoms with van der Waals surface area (Å²) in [5.74, 6) is 0.409. The lowest BCUT2D eigenvalue weighted by molar-refractivity contribution is 0.111. The minimum Gasteiger partial charge on any atom is -0.396 e. The van der Waals surface area contributed by atoms with Crippen LogP contribution in [0, 0.1) is 5.92 Å². The lowest BCUT2D eigenvalue weighted by Gasteiger charge is -2.41. The van der Waals surface area contributed by atoms with Gasteiger partial charge in [-0.3, -0.25) is 0 Å². The zero-order valence-corrected chi connectivity index (χ0v) is 11.4. The van der Waals surface area contributed by atoms with E-state index < -0.39 is 0 Å². The van der Waals surface area contributed by atoms with Crippen molar-refractivity contribution in [2.75, 3.05) is 26.4 Å². The Bertz CT molecular complexity index is 240. The first-order chi connectivity index (χ1) is 8.79. The summed E-state index contributed by atoms with van der Waals surface area (Å²) in [5.41, 5.74) is 6.06. The Morgan fingerprint density at radius 3 is 2.78 bits per heavy atom. The maximum absolute atomic E-state index is 9.51. The van der Waals surface area contributed by atoms with Crippen molar-refractivity contribution < 1.29 is 9.84 Å². The molecule has 0 spiro atoms. The molecule has 1 aliphatic heterocycles. The normalized spacial score (nSPS) is 38.3. The molecule has 3 atom stereocenters. The molecule has 2 rings (SSSR count). The van der Waals surface area contributed by atoms with E-state index in [9.17, 15) is 5.11 Å². The monoisotopic (exact) mass is 256 g/mol. The van der Waals surface area contributed by atoms with Crippen LogP contribution in [0.2, 0.25) is 0 Å². The van der Waals surface area contributed by atoms with Crippen LogP contribution in [0.1, 0.15) is 44.9 Å². The second-order valence-corrected chi connectivity index (χ2v) is 5.93. The molecule has 4 nitrogen and oxygen atoms in total. The summed E-state index contributed by atoms with van der Waals surface area (Å²) >= 11 is 0. The molecule has 2 fully saturated rings. The van der Waals surface area contributed by atoms with Crippen LogP contribution < -0.4 is 11.1 Å². The molecule has 18 heavy (non-hydrogen) atoms. The molecule has 0 aromatic heterocycles. The quantitative estimate of drug-likeness (QED) is 0.702. The van der Waals surface area contributed by atoms with Crippen molar-refractivity contribution >= 4 is 0 Å². The van der Waals surface area contributed by atoms with Gasteiger partial charge in [-0.05, 0) is 38.0 Å². The molecule has 4 heteroatoms. The first-order valence-corrected chi connectivity index (χ1v) is 7.46. The second-order valence-electron chi connectivity index (χ2n) is 5.93. The van der Waals surface area contributed by atoms with Crippen LogP contribution >= 0.6 is 0 Å². The number of ether oxygens (including phenoxy) is 1. The van der Waals surface area contributed by atoms with Crippen molar-refractivity contribution in [1.29, 1.82) is 0 Å². The maximum Gasteiger partial charge on any atom is 0.0484 e. The van der Waals surface area contributed by atoms with E-state index in [-0.39, 0.29) is 5.54 Å². The molecule has 4 N–H and O–H groups in total. The predicted octanol–water partition coefficient (Wildman–Crippen LogP) is 1.03. The van der Waals surface area contributed by atoms with Gasteiger partial charge < -0.3 is 20.9 Å². The minimum atomic E-state index is 0.0337. The molecule has 3 unspecified atom stereocenters. The van der Waals surface area contributed by atoms with Crippen LogP contribution in [-0.2, 0) is 4.74 Å². The predicted molar refractivity (Wildman–Crippen MR) is 72.4 cm³/mol. The van der Waals surface area contributed by atoms with Crippen LogP contribution in [0.15, 0.2) is 0 Å². The van der Waals surface area contributed by atoms with E-state index >= 15 is 0 Å². The average molecular weight is 256 g/mol. The molecular formula is C14H28N2O2. The van der Waals surface area contributed by atoms with Gasteiger partial charge in [0, 0.05) is 37.9 Å². The highest BCUT2D eigenvalue weighted by Crippen LogP contribution is 2.28. The van der Waals surface area contributed by atoms with Crippen LogP contribution in [-0.4, -0.2) is 43.1 Å². The van der Waals surface area contributed by atoms with Gasteiger partial charge in [-0.1, -0.05) is 12.8 Å². The molecule has 1 saturated carbocycles. The Labute approximate surface area is 110 Å². The first kappa shape index (κ1) is 14.3. The van der Waals surface area contributed by atoms with Gasteiger partial charge in [0.15, 0.2) is 0 Å².